The Labute approximate surface area is 104 Å². The van der Waals surface area contributed by atoms with Gasteiger partial charge < -0.3 is 5.32 Å². The molecule has 1 atom stereocenters. The van der Waals surface area contributed by atoms with Crippen molar-refractivity contribution in [2.24, 2.45) is 0 Å². The Balaban J connectivity index is 2.30. The van der Waals surface area contributed by atoms with Gasteiger partial charge in [0.15, 0.2) is 0 Å². The Morgan fingerprint density at radius 1 is 1.47 bits per heavy atom. The van der Waals surface area contributed by atoms with E-state index in [4.69, 9.17) is 0 Å². The quantitative estimate of drug-likeness (QED) is 0.882. The molecule has 2 rings (SSSR count). The summed E-state index contributed by atoms with van der Waals surface area (Å²) in [6, 6.07) is 7.57. The predicted molar refractivity (Wildman–Crippen MR) is 70.5 cm³/mol. The van der Waals surface area contributed by atoms with Crippen molar-refractivity contribution in [3.8, 4) is 0 Å². The van der Waals surface area contributed by atoms with Crippen molar-refractivity contribution >= 4 is 27.7 Å². The van der Waals surface area contributed by atoms with Crippen molar-refractivity contribution in [3.63, 3.8) is 0 Å². The second kappa shape index (κ2) is 4.89. The van der Waals surface area contributed by atoms with Gasteiger partial charge in [0.2, 0.25) is 0 Å². The number of benzene rings is 1. The first-order valence-corrected chi connectivity index (χ1v) is 7.13. The van der Waals surface area contributed by atoms with Crippen LogP contribution >= 0.6 is 27.7 Å². The molecule has 0 saturated heterocycles. The summed E-state index contributed by atoms with van der Waals surface area (Å²) in [7, 11) is 0. The molecule has 82 valence electrons. The van der Waals surface area contributed by atoms with Gasteiger partial charge in [0.05, 0.1) is 0 Å². The van der Waals surface area contributed by atoms with Crippen molar-refractivity contribution in [2.75, 3.05) is 5.75 Å². The third kappa shape index (κ3) is 2.58. The average molecular weight is 286 g/mol. The lowest BCUT2D eigenvalue weighted by Crippen LogP contribution is -2.30. The topological polar surface area (TPSA) is 12.0 Å². The molecule has 3 heteroatoms. The zero-order valence-electron chi connectivity index (χ0n) is 9.09. The first-order valence-electron chi connectivity index (χ1n) is 5.35. The Morgan fingerprint density at radius 2 is 2.27 bits per heavy atom. The lowest BCUT2D eigenvalue weighted by Gasteiger charge is -2.28. The van der Waals surface area contributed by atoms with E-state index in [0.29, 0.717) is 12.1 Å². The molecule has 0 fully saturated rings. The Kier molecular flexibility index (Phi) is 3.75. The monoisotopic (exact) mass is 285 g/mol. The molecule has 0 aromatic heterocycles. The zero-order chi connectivity index (χ0) is 10.8. The van der Waals surface area contributed by atoms with Crippen LogP contribution < -0.4 is 5.32 Å². The van der Waals surface area contributed by atoms with Gasteiger partial charge in [-0.15, -0.1) is 11.8 Å². The van der Waals surface area contributed by atoms with Gasteiger partial charge in [0, 0.05) is 21.5 Å². The Bertz CT molecular complexity index is 351. The minimum atomic E-state index is 0.527. The van der Waals surface area contributed by atoms with E-state index in [1.807, 2.05) is 11.8 Å². The molecule has 1 N–H and O–H groups in total. The molecular formula is C12H16BrNS. The summed E-state index contributed by atoms with van der Waals surface area (Å²) >= 11 is 5.59. The number of hydrogen-bond acceptors (Lipinski definition) is 2. The van der Waals surface area contributed by atoms with Crippen LogP contribution in [-0.4, -0.2) is 11.8 Å². The molecule has 0 spiro atoms. The van der Waals surface area contributed by atoms with Gasteiger partial charge in [-0.25, -0.2) is 0 Å². The molecule has 15 heavy (non-hydrogen) atoms. The molecule has 1 unspecified atom stereocenters. The largest absolute Gasteiger partial charge is 0.308 e. The highest BCUT2D eigenvalue weighted by atomic mass is 79.9. The van der Waals surface area contributed by atoms with Crippen LogP contribution in [0.25, 0.3) is 0 Å². The molecule has 1 aliphatic rings. The molecule has 0 bridgehead atoms. The fourth-order valence-corrected chi connectivity index (χ4v) is 3.83. The van der Waals surface area contributed by atoms with E-state index in [1.54, 1.807) is 0 Å². The van der Waals surface area contributed by atoms with Crippen LogP contribution in [0.2, 0.25) is 0 Å². The smallest absolute Gasteiger partial charge is 0.0341 e. The van der Waals surface area contributed by atoms with Gasteiger partial charge in [-0.3, -0.25) is 0 Å². The SMILES string of the molecule is CC(C)NC1CCSc2c(Br)cccc21. The molecule has 1 aromatic rings. The third-order valence-corrected chi connectivity index (χ3v) is 4.67. The molecule has 1 aromatic carbocycles. The first kappa shape index (κ1) is 11.5. The number of rotatable bonds is 2. The molecule has 1 nitrogen and oxygen atoms in total. The fourth-order valence-electron chi connectivity index (χ4n) is 1.96. The van der Waals surface area contributed by atoms with Crippen LogP contribution in [0, 0.1) is 0 Å². The summed E-state index contributed by atoms with van der Waals surface area (Å²) in [6.07, 6.45) is 1.23. The predicted octanol–water partition coefficient (Wildman–Crippen LogP) is 3.98. The second-order valence-corrected chi connectivity index (χ2v) is 6.13. The minimum Gasteiger partial charge on any atom is -0.308 e. The van der Waals surface area contributed by atoms with E-state index >= 15 is 0 Å². The van der Waals surface area contributed by atoms with Crippen molar-refractivity contribution < 1.29 is 0 Å². The van der Waals surface area contributed by atoms with Gasteiger partial charge in [-0.05, 0) is 39.7 Å². The molecule has 0 radical (unpaired) electrons. The summed E-state index contributed by atoms with van der Waals surface area (Å²) in [5.41, 5.74) is 1.45. The van der Waals surface area contributed by atoms with E-state index in [0.717, 1.165) is 0 Å². The van der Waals surface area contributed by atoms with Crippen LogP contribution in [0.3, 0.4) is 0 Å². The number of thioether (sulfide) groups is 1. The molecule has 0 saturated carbocycles. The normalized spacial score (nSPS) is 20.4. The van der Waals surface area contributed by atoms with E-state index in [9.17, 15) is 0 Å². The summed E-state index contributed by atoms with van der Waals surface area (Å²) < 4.78 is 1.24. The van der Waals surface area contributed by atoms with Crippen LogP contribution in [0.5, 0.6) is 0 Å². The Morgan fingerprint density at radius 3 is 3.00 bits per heavy atom. The van der Waals surface area contributed by atoms with E-state index in [-0.39, 0.29) is 0 Å². The van der Waals surface area contributed by atoms with E-state index in [2.05, 4.69) is 53.3 Å². The summed E-state index contributed by atoms with van der Waals surface area (Å²) in [6.45, 7) is 4.42. The second-order valence-electron chi connectivity index (χ2n) is 4.17. The van der Waals surface area contributed by atoms with E-state index in [1.165, 1.54) is 27.1 Å². The van der Waals surface area contributed by atoms with Crippen molar-refractivity contribution in [1.29, 1.82) is 0 Å². The summed E-state index contributed by atoms with van der Waals surface area (Å²) in [5.74, 6) is 1.21. The van der Waals surface area contributed by atoms with Crippen LogP contribution in [0.1, 0.15) is 31.9 Å². The highest BCUT2D eigenvalue weighted by Crippen LogP contribution is 2.40. The maximum absolute atomic E-state index is 3.63. The molecule has 0 aliphatic carbocycles. The third-order valence-electron chi connectivity index (χ3n) is 2.56. The summed E-state index contributed by atoms with van der Waals surface area (Å²) in [4.78, 5) is 1.42. The number of fused-ring (bicyclic) bond motifs is 1. The van der Waals surface area contributed by atoms with E-state index < -0.39 is 0 Å². The number of halogens is 1. The molecule has 1 aliphatic heterocycles. The van der Waals surface area contributed by atoms with Crippen LogP contribution in [0.4, 0.5) is 0 Å². The standard InChI is InChI=1S/C12H16BrNS/c1-8(2)14-11-6-7-15-12-9(11)4-3-5-10(12)13/h3-5,8,11,14H,6-7H2,1-2H3. The van der Waals surface area contributed by atoms with Gasteiger partial charge in [0.1, 0.15) is 0 Å². The van der Waals surface area contributed by atoms with Gasteiger partial charge >= 0.3 is 0 Å². The molecule has 1 heterocycles. The number of nitrogens with one attached hydrogen (secondary N) is 1. The van der Waals surface area contributed by atoms with Crippen LogP contribution in [0.15, 0.2) is 27.6 Å². The van der Waals surface area contributed by atoms with Crippen LogP contribution in [-0.2, 0) is 0 Å². The maximum Gasteiger partial charge on any atom is 0.0341 e. The lowest BCUT2D eigenvalue weighted by atomic mass is 10.0. The summed E-state index contributed by atoms with van der Waals surface area (Å²) in [5, 5.41) is 3.63. The lowest BCUT2D eigenvalue weighted by molar-refractivity contribution is 0.459. The minimum absolute atomic E-state index is 0.527. The highest BCUT2D eigenvalue weighted by Gasteiger charge is 2.22. The van der Waals surface area contributed by atoms with Gasteiger partial charge in [0.25, 0.3) is 0 Å². The first-order chi connectivity index (χ1) is 7.18. The zero-order valence-corrected chi connectivity index (χ0v) is 11.5. The molecular weight excluding hydrogens is 270 g/mol. The average Bonchev–Trinajstić information content (AvgIpc) is 2.19. The Hall–Kier alpha value is 0.0100. The van der Waals surface area contributed by atoms with Crippen molar-refractivity contribution in [1.82, 2.24) is 5.32 Å². The van der Waals surface area contributed by atoms with Gasteiger partial charge in [-0.1, -0.05) is 26.0 Å². The maximum atomic E-state index is 3.63. The number of hydrogen-bond donors (Lipinski definition) is 1. The fraction of sp³-hybridized carbons (Fsp3) is 0.500. The van der Waals surface area contributed by atoms with Crippen molar-refractivity contribution in [3.05, 3.63) is 28.2 Å². The molecule has 0 amide bonds. The van der Waals surface area contributed by atoms with Gasteiger partial charge in [-0.2, -0.15) is 0 Å². The highest BCUT2D eigenvalue weighted by molar-refractivity contribution is 9.10. The van der Waals surface area contributed by atoms with Crippen molar-refractivity contribution in [2.45, 2.75) is 37.2 Å².